The van der Waals surface area contributed by atoms with Crippen molar-refractivity contribution >= 4 is 5.91 Å². The van der Waals surface area contributed by atoms with Gasteiger partial charge >= 0.3 is 0 Å². The fourth-order valence-electron chi connectivity index (χ4n) is 2.73. The van der Waals surface area contributed by atoms with Crippen molar-refractivity contribution in [3.63, 3.8) is 0 Å². The molecule has 0 aliphatic rings. The summed E-state index contributed by atoms with van der Waals surface area (Å²) in [6, 6.07) is 6.09. The monoisotopic (exact) mass is 378 g/mol. The molecule has 0 atom stereocenters. The molecule has 142 valence electrons. The molecule has 3 aromatic rings. The van der Waals surface area contributed by atoms with Gasteiger partial charge in [-0.3, -0.25) is 9.48 Å². The van der Waals surface area contributed by atoms with E-state index in [9.17, 15) is 18.7 Å². The maximum Gasteiger partial charge on any atom is 0.282 e. The largest absolute Gasteiger partial charge is 0.508 e. The molecule has 0 aliphatic carbocycles. The van der Waals surface area contributed by atoms with Crippen LogP contribution in [0.15, 0.2) is 28.8 Å². The molecular weight excluding hydrogens is 362 g/mol. The molecule has 3 N–H and O–H groups in total. The van der Waals surface area contributed by atoms with Crippen molar-refractivity contribution in [3.05, 3.63) is 47.0 Å². The maximum absolute atomic E-state index is 13.1. The Morgan fingerprint density at radius 2 is 2.15 bits per heavy atom. The zero-order chi connectivity index (χ0) is 19.7. The quantitative estimate of drug-likeness (QED) is 0.681. The lowest BCUT2D eigenvalue weighted by atomic mass is 10.1. The lowest BCUT2D eigenvalue weighted by Gasteiger charge is -2.05. The number of nitrogens with two attached hydrogens (primary N) is 1. The van der Waals surface area contributed by atoms with Gasteiger partial charge in [0.15, 0.2) is 5.76 Å². The Morgan fingerprint density at radius 3 is 2.74 bits per heavy atom. The van der Waals surface area contributed by atoms with E-state index < -0.39 is 18.0 Å². The van der Waals surface area contributed by atoms with Crippen LogP contribution in [-0.4, -0.2) is 33.1 Å². The number of hydrogen-bond acceptors (Lipinski definition) is 6. The van der Waals surface area contributed by atoms with Crippen molar-refractivity contribution in [2.24, 2.45) is 5.73 Å². The molecule has 2 aromatic heterocycles. The number of phenolic OH excluding ortho intramolecular Hbond substituents is 1. The smallest absolute Gasteiger partial charge is 0.282 e. The Morgan fingerprint density at radius 1 is 1.41 bits per heavy atom. The summed E-state index contributed by atoms with van der Waals surface area (Å²) >= 11 is 0. The van der Waals surface area contributed by atoms with Crippen molar-refractivity contribution < 1.29 is 27.9 Å². The number of rotatable bonds is 6. The molecule has 0 radical (unpaired) electrons. The summed E-state index contributed by atoms with van der Waals surface area (Å²) in [5.74, 6) is -0.227. The lowest BCUT2D eigenvalue weighted by molar-refractivity contribution is 0.0984. The number of benzene rings is 1. The fraction of sp³-hybridized carbons (Fsp3) is 0.235. The minimum Gasteiger partial charge on any atom is -0.508 e. The Hall–Kier alpha value is -3.43. The molecule has 0 aliphatic heterocycles. The van der Waals surface area contributed by atoms with Crippen LogP contribution in [0.25, 0.3) is 11.3 Å². The van der Waals surface area contributed by atoms with Gasteiger partial charge in [-0.2, -0.15) is 5.10 Å². The van der Waals surface area contributed by atoms with Crippen molar-refractivity contribution in [1.29, 1.82) is 0 Å². The highest BCUT2D eigenvalue weighted by molar-refractivity contribution is 5.95. The predicted molar refractivity (Wildman–Crippen MR) is 89.7 cm³/mol. The molecule has 8 nitrogen and oxygen atoms in total. The molecule has 0 saturated carbocycles. The molecule has 10 heteroatoms. The van der Waals surface area contributed by atoms with Crippen LogP contribution in [0.5, 0.6) is 11.5 Å². The Balaban J connectivity index is 1.93. The average molecular weight is 378 g/mol. The number of aromatic hydroxyl groups is 1. The number of phenols is 1. The molecule has 1 aromatic carbocycles. The summed E-state index contributed by atoms with van der Waals surface area (Å²) in [4.78, 5) is 11.5. The molecule has 0 fully saturated rings. The van der Waals surface area contributed by atoms with Crippen LogP contribution in [-0.2, 0) is 6.54 Å². The number of hydrogen-bond donors (Lipinski definition) is 2. The van der Waals surface area contributed by atoms with Gasteiger partial charge in [-0.1, -0.05) is 5.16 Å². The second-order valence-corrected chi connectivity index (χ2v) is 5.73. The maximum atomic E-state index is 13.1. The number of aromatic nitrogens is 3. The van der Waals surface area contributed by atoms with E-state index >= 15 is 0 Å². The number of carbonyl (C=O) groups excluding carboxylic acids is 1. The van der Waals surface area contributed by atoms with Gasteiger partial charge in [0.25, 0.3) is 12.3 Å². The minimum absolute atomic E-state index is 0.0216. The number of primary amides is 1. The van der Waals surface area contributed by atoms with Gasteiger partial charge in [0.1, 0.15) is 29.4 Å². The van der Waals surface area contributed by atoms with Crippen LogP contribution in [0, 0.1) is 6.92 Å². The number of carbonyl (C=O) groups is 1. The highest BCUT2D eigenvalue weighted by atomic mass is 19.3. The Kier molecular flexibility index (Phi) is 4.80. The topological polar surface area (TPSA) is 116 Å². The minimum atomic E-state index is -2.93. The third-order valence-corrected chi connectivity index (χ3v) is 4.01. The highest BCUT2D eigenvalue weighted by Gasteiger charge is 2.26. The zero-order valence-electron chi connectivity index (χ0n) is 14.4. The van der Waals surface area contributed by atoms with Crippen LogP contribution in [0.3, 0.4) is 0 Å². The highest BCUT2D eigenvalue weighted by Crippen LogP contribution is 2.33. The predicted octanol–water partition coefficient (Wildman–Crippen LogP) is 2.65. The van der Waals surface area contributed by atoms with Crippen LogP contribution >= 0.6 is 0 Å². The van der Waals surface area contributed by atoms with Crippen LogP contribution in [0.1, 0.15) is 33.9 Å². The SMILES string of the molecule is COc1cc(O)ccc1-c1cc(Cn2nc(C(F)F)c(C(N)=O)c2C)on1. The van der Waals surface area contributed by atoms with E-state index in [1.54, 1.807) is 12.1 Å². The van der Waals surface area contributed by atoms with Crippen LogP contribution in [0.2, 0.25) is 0 Å². The van der Waals surface area contributed by atoms with E-state index in [2.05, 4.69) is 10.3 Å². The number of amides is 1. The summed E-state index contributed by atoms with van der Waals surface area (Å²) in [5.41, 5.74) is 5.43. The van der Waals surface area contributed by atoms with Crippen LogP contribution < -0.4 is 10.5 Å². The lowest BCUT2D eigenvalue weighted by Crippen LogP contribution is -2.14. The summed E-state index contributed by atoms with van der Waals surface area (Å²) in [5, 5.41) is 17.2. The second-order valence-electron chi connectivity index (χ2n) is 5.73. The molecule has 1 amide bonds. The molecule has 27 heavy (non-hydrogen) atoms. The summed E-state index contributed by atoms with van der Waals surface area (Å²) < 4.78 is 37.9. The first kappa shape index (κ1) is 18.4. The second kappa shape index (κ2) is 7.06. The normalized spacial score (nSPS) is 11.1. The Labute approximate surface area is 152 Å². The van der Waals surface area contributed by atoms with E-state index in [1.807, 2.05) is 0 Å². The summed E-state index contributed by atoms with van der Waals surface area (Å²) in [6.07, 6.45) is -2.93. The molecule has 0 unspecified atom stereocenters. The van der Waals surface area contributed by atoms with Crippen molar-refractivity contribution in [2.75, 3.05) is 7.11 Å². The molecule has 0 bridgehead atoms. The van der Waals surface area contributed by atoms with Crippen molar-refractivity contribution in [2.45, 2.75) is 19.9 Å². The summed E-state index contributed by atoms with van der Waals surface area (Å²) in [6.45, 7) is 1.45. The Bertz CT molecular complexity index is 997. The number of ether oxygens (including phenoxy) is 1. The van der Waals surface area contributed by atoms with Crippen molar-refractivity contribution in [1.82, 2.24) is 14.9 Å². The van der Waals surface area contributed by atoms with E-state index in [4.69, 9.17) is 15.0 Å². The van der Waals surface area contributed by atoms with Gasteiger partial charge < -0.3 is 20.1 Å². The third kappa shape index (κ3) is 3.46. The average Bonchev–Trinajstić information content (AvgIpc) is 3.20. The molecule has 2 heterocycles. The van der Waals surface area contributed by atoms with E-state index in [1.165, 1.54) is 30.8 Å². The molecule has 3 rings (SSSR count). The molecular formula is C17H16F2N4O4. The van der Waals surface area contributed by atoms with Gasteiger partial charge in [-0.25, -0.2) is 8.78 Å². The van der Waals surface area contributed by atoms with Crippen LogP contribution in [0.4, 0.5) is 8.78 Å². The van der Waals surface area contributed by atoms with Crippen molar-refractivity contribution in [3.8, 4) is 22.8 Å². The fourth-order valence-corrected chi connectivity index (χ4v) is 2.73. The molecule has 0 spiro atoms. The van der Waals surface area contributed by atoms with E-state index in [0.717, 1.165) is 0 Å². The standard InChI is InChI=1S/C17H16F2N4O4/c1-8-14(17(20)25)15(16(18)19)21-23(8)7-10-6-12(22-27-10)11-4-3-9(24)5-13(11)26-2/h3-6,16,24H,7H2,1-2H3,(H2,20,25). The van der Waals surface area contributed by atoms with Gasteiger partial charge in [0.2, 0.25) is 0 Å². The number of methoxy groups -OCH3 is 1. The van der Waals surface area contributed by atoms with E-state index in [-0.39, 0.29) is 23.6 Å². The van der Waals surface area contributed by atoms with Gasteiger partial charge in [0.05, 0.1) is 12.7 Å². The summed E-state index contributed by atoms with van der Waals surface area (Å²) in [7, 11) is 1.45. The first-order valence-corrected chi connectivity index (χ1v) is 7.80. The van der Waals surface area contributed by atoms with Gasteiger partial charge in [-0.05, 0) is 19.1 Å². The molecule has 0 saturated heterocycles. The number of nitrogens with zero attached hydrogens (tertiary/aromatic N) is 3. The zero-order valence-corrected chi connectivity index (χ0v) is 14.4. The first-order valence-electron chi connectivity index (χ1n) is 7.80. The number of halogens is 2. The first-order chi connectivity index (χ1) is 12.8. The van der Waals surface area contributed by atoms with Gasteiger partial charge in [0, 0.05) is 23.4 Å². The third-order valence-electron chi connectivity index (χ3n) is 4.01. The number of alkyl halides is 2. The van der Waals surface area contributed by atoms with Gasteiger partial charge in [-0.15, -0.1) is 0 Å². The van der Waals surface area contributed by atoms with E-state index in [0.29, 0.717) is 22.8 Å².